The van der Waals surface area contributed by atoms with Gasteiger partial charge in [0.1, 0.15) is 10.9 Å². The molecule has 0 amide bonds. The smallest absolute Gasteiger partial charge is 0.117 e. The molecule has 0 atom stereocenters. The van der Waals surface area contributed by atoms with E-state index in [1.807, 2.05) is 6.20 Å². The third-order valence-electron chi connectivity index (χ3n) is 2.48. The molecule has 0 saturated heterocycles. The van der Waals surface area contributed by atoms with Crippen molar-refractivity contribution in [1.82, 2.24) is 9.97 Å². The second-order valence-corrected chi connectivity index (χ2v) is 4.28. The largest absolute Gasteiger partial charge is 0.244 e. The van der Waals surface area contributed by atoms with Crippen LogP contribution in [0, 0.1) is 13.8 Å². The maximum absolute atomic E-state index is 4.11. The molecule has 0 N–H and O–H groups in total. The summed E-state index contributed by atoms with van der Waals surface area (Å²) in [6.07, 6.45) is 3.36. The number of halogens is 1. The highest BCUT2D eigenvalue weighted by molar-refractivity contribution is 9.10. The van der Waals surface area contributed by atoms with Gasteiger partial charge in [0.2, 0.25) is 0 Å². The maximum Gasteiger partial charge on any atom is 0.117 e. The van der Waals surface area contributed by atoms with Crippen LogP contribution in [0.2, 0.25) is 0 Å². The van der Waals surface area contributed by atoms with Gasteiger partial charge in [-0.3, -0.25) is 0 Å². The van der Waals surface area contributed by atoms with E-state index in [4.69, 9.17) is 0 Å². The van der Waals surface area contributed by atoms with Gasteiger partial charge < -0.3 is 0 Å². The van der Waals surface area contributed by atoms with E-state index in [2.05, 4.69) is 57.9 Å². The van der Waals surface area contributed by atoms with Gasteiger partial charge in [0.25, 0.3) is 0 Å². The first-order chi connectivity index (χ1) is 7.18. The van der Waals surface area contributed by atoms with Gasteiger partial charge in [0.15, 0.2) is 0 Å². The van der Waals surface area contributed by atoms with Crippen LogP contribution >= 0.6 is 15.9 Å². The monoisotopic (exact) mass is 262 g/mol. The van der Waals surface area contributed by atoms with Gasteiger partial charge in [-0.1, -0.05) is 18.2 Å². The number of aromatic nitrogens is 2. The molecule has 1 aromatic heterocycles. The van der Waals surface area contributed by atoms with Crippen LogP contribution in [0.4, 0.5) is 0 Å². The lowest BCUT2D eigenvalue weighted by Crippen LogP contribution is -1.87. The number of nitrogens with zero attached hydrogens (tertiary/aromatic N) is 2. The molecule has 2 aromatic rings. The van der Waals surface area contributed by atoms with Crippen LogP contribution in [0.15, 0.2) is 35.3 Å². The summed E-state index contributed by atoms with van der Waals surface area (Å²) in [6.45, 7) is 4.21. The van der Waals surface area contributed by atoms with Gasteiger partial charge >= 0.3 is 0 Å². The van der Waals surface area contributed by atoms with Crippen LogP contribution in [0.1, 0.15) is 11.1 Å². The molecule has 2 rings (SSSR count). The van der Waals surface area contributed by atoms with Crippen LogP contribution < -0.4 is 0 Å². The summed E-state index contributed by atoms with van der Waals surface area (Å²) in [7, 11) is 0. The summed E-state index contributed by atoms with van der Waals surface area (Å²) in [5.74, 6) is 0. The van der Waals surface area contributed by atoms with Crippen molar-refractivity contribution in [1.29, 1.82) is 0 Å². The molecule has 0 saturated carbocycles. The van der Waals surface area contributed by atoms with Crippen LogP contribution in [-0.2, 0) is 0 Å². The summed E-state index contributed by atoms with van der Waals surface area (Å²) < 4.78 is 0.834. The fourth-order valence-corrected chi connectivity index (χ4v) is 1.84. The van der Waals surface area contributed by atoms with Crippen molar-refractivity contribution in [3.05, 3.63) is 46.5 Å². The van der Waals surface area contributed by atoms with Crippen LogP contribution in [0.3, 0.4) is 0 Å². The van der Waals surface area contributed by atoms with Crippen molar-refractivity contribution in [2.24, 2.45) is 0 Å². The molecule has 0 bridgehead atoms. The second kappa shape index (κ2) is 4.11. The van der Waals surface area contributed by atoms with Crippen molar-refractivity contribution < 1.29 is 0 Å². The Morgan fingerprint density at radius 1 is 1.13 bits per heavy atom. The van der Waals surface area contributed by atoms with E-state index < -0.39 is 0 Å². The topological polar surface area (TPSA) is 25.8 Å². The van der Waals surface area contributed by atoms with E-state index in [1.54, 1.807) is 0 Å². The highest BCUT2D eigenvalue weighted by Gasteiger charge is 2.04. The molecule has 0 aliphatic rings. The van der Waals surface area contributed by atoms with Gasteiger partial charge in [-0.15, -0.1) is 0 Å². The fourth-order valence-electron chi connectivity index (χ4n) is 1.42. The molecule has 1 heterocycles. The fraction of sp³-hybridized carbons (Fsp3) is 0.167. The van der Waals surface area contributed by atoms with Crippen LogP contribution in [0.25, 0.3) is 11.1 Å². The van der Waals surface area contributed by atoms with E-state index >= 15 is 0 Å². The Hall–Kier alpha value is -1.22. The zero-order valence-corrected chi connectivity index (χ0v) is 10.2. The number of rotatable bonds is 1. The lowest BCUT2D eigenvalue weighted by atomic mass is 10.0. The molecule has 2 nitrogen and oxygen atoms in total. The first kappa shape index (κ1) is 10.3. The molecule has 0 spiro atoms. The van der Waals surface area contributed by atoms with Crippen molar-refractivity contribution in [3.8, 4) is 11.1 Å². The molecule has 0 radical (unpaired) electrons. The molecule has 76 valence electrons. The van der Waals surface area contributed by atoms with E-state index in [9.17, 15) is 0 Å². The van der Waals surface area contributed by atoms with Crippen molar-refractivity contribution in [2.75, 3.05) is 0 Å². The van der Waals surface area contributed by atoms with E-state index in [1.165, 1.54) is 17.5 Å². The number of aryl methyl sites for hydroxylation is 2. The molecule has 0 aliphatic heterocycles. The van der Waals surface area contributed by atoms with E-state index in [-0.39, 0.29) is 0 Å². The summed E-state index contributed by atoms with van der Waals surface area (Å²) in [5, 5.41) is 0. The highest BCUT2D eigenvalue weighted by Crippen LogP contribution is 2.26. The lowest BCUT2D eigenvalue weighted by Gasteiger charge is -2.06. The Morgan fingerprint density at radius 3 is 2.60 bits per heavy atom. The zero-order valence-electron chi connectivity index (χ0n) is 8.66. The Balaban J connectivity index is 2.55. The number of benzene rings is 1. The predicted molar refractivity (Wildman–Crippen MR) is 64.6 cm³/mol. The number of hydrogen-bond acceptors (Lipinski definition) is 2. The SMILES string of the molecule is Cc1ccc(-c2cncnc2Br)cc1C. The molecule has 0 unspecified atom stereocenters. The van der Waals surface area contributed by atoms with E-state index in [0.29, 0.717) is 0 Å². The van der Waals surface area contributed by atoms with Crippen molar-refractivity contribution >= 4 is 15.9 Å². The summed E-state index contributed by atoms with van der Waals surface area (Å²) in [6, 6.07) is 6.36. The van der Waals surface area contributed by atoms with Gasteiger partial charge in [-0.05, 0) is 46.5 Å². The molecular formula is C12H11BrN2. The average Bonchev–Trinajstić information content (AvgIpc) is 2.23. The summed E-state index contributed by atoms with van der Waals surface area (Å²) in [5.41, 5.74) is 4.75. The molecule has 0 fully saturated rings. The van der Waals surface area contributed by atoms with Crippen molar-refractivity contribution in [2.45, 2.75) is 13.8 Å². The van der Waals surface area contributed by atoms with Gasteiger partial charge in [-0.25, -0.2) is 9.97 Å². The Labute approximate surface area is 97.5 Å². The van der Waals surface area contributed by atoms with E-state index in [0.717, 1.165) is 15.7 Å². The van der Waals surface area contributed by atoms with Gasteiger partial charge in [-0.2, -0.15) is 0 Å². The van der Waals surface area contributed by atoms with Crippen LogP contribution in [-0.4, -0.2) is 9.97 Å². The van der Waals surface area contributed by atoms with Crippen molar-refractivity contribution in [3.63, 3.8) is 0 Å². The molecule has 1 aromatic carbocycles. The Kier molecular flexibility index (Phi) is 2.82. The molecule has 15 heavy (non-hydrogen) atoms. The third-order valence-corrected chi connectivity index (χ3v) is 3.11. The standard InChI is InChI=1S/C12H11BrN2/c1-8-3-4-10(5-9(8)2)11-6-14-7-15-12(11)13/h3-7H,1-2H3. The second-order valence-electron chi connectivity index (χ2n) is 3.53. The predicted octanol–water partition coefficient (Wildman–Crippen LogP) is 3.52. The third kappa shape index (κ3) is 2.07. The lowest BCUT2D eigenvalue weighted by molar-refractivity contribution is 1.14. The minimum absolute atomic E-state index is 0.834. The minimum atomic E-state index is 0.834. The molecule has 3 heteroatoms. The van der Waals surface area contributed by atoms with Gasteiger partial charge in [0.05, 0.1) is 0 Å². The van der Waals surface area contributed by atoms with Crippen LogP contribution in [0.5, 0.6) is 0 Å². The normalized spacial score (nSPS) is 10.3. The quantitative estimate of drug-likeness (QED) is 0.735. The summed E-state index contributed by atoms with van der Waals surface area (Å²) in [4.78, 5) is 8.15. The average molecular weight is 263 g/mol. The Bertz CT molecular complexity index is 495. The van der Waals surface area contributed by atoms with Gasteiger partial charge in [0, 0.05) is 11.8 Å². The maximum atomic E-state index is 4.11. The molecular weight excluding hydrogens is 252 g/mol. The Morgan fingerprint density at radius 2 is 1.93 bits per heavy atom. The first-order valence-corrected chi connectivity index (χ1v) is 5.51. The summed E-state index contributed by atoms with van der Waals surface area (Å²) >= 11 is 3.42. The molecule has 0 aliphatic carbocycles. The first-order valence-electron chi connectivity index (χ1n) is 4.71. The highest BCUT2D eigenvalue weighted by atomic mass is 79.9. The zero-order chi connectivity index (χ0) is 10.8. The minimum Gasteiger partial charge on any atom is -0.244 e. The number of hydrogen-bond donors (Lipinski definition) is 0.